The third-order valence-electron chi connectivity index (χ3n) is 2.94. The van der Waals surface area contributed by atoms with Gasteiger partial charge in [-0.05, 0) is 26.0 Å². The van der Waals surface area contributed by atoms with Gasteiger partial charge in [-0.3, -0.25) is 19.7 Å². The number of carbonyl (C=O) groups excluding carboxylic acids is 1. The number of amides is 1. The molecule has 0 aromatic heterocycles. The fourth-order valence-electron chi connectivity index (χ4n) is 1.95. The number of nitrogens with zero attached hydrogens (tertiary/aromatic N) is 2. The van der Waals surface area contributed by atoms with Crippen molar-refractivity contribution in [1.82, 2.24) is 4.90 Å². The van der Waals surface area contributed by atoms with Crippen LogP contribution in [0.25, 0.3) is 0 Å². The third kappa shape index (κ3) is 3.98. The summed E-state index contributed by atoms with van der Waals surface area (Å²) in [5, 5.41) is 19.7. The van der Waals surface area contributed by atoms with Crippen LogP contribution in [0.15, 0.2) is 12.1 Å². The SMILES string of the molecule is CCN(CCC(=O)O)C(=O)c1cc(F)cc(C)c1[N+](=O)[O-]. The monoisotopic (exact) mass is 298 g/mol. The van der Waals surface area contributed by atoms with Crippen LogP contribution in [0.1, 0.15) is 29.3 Å². The fraction of sp³-hybridized carbons (Fsp3) is 0.385. The van der Waals surface area contributed by atoms with Crippen LogP contribution in [0.3, 0.4) is 0 Å². The van der Waals surface area contributed by atoms with Crippen LogP contribution < -0.4 is 0 Å². The summed E-state index contributed by atoms with van der Waals surface area (Å²) in [6, 6.07) is 1.78. The topological polar surface area (TPSA) is 101 Å². The quantitative estimate of drug-likeness (QED) is 0.639. The van der Waals surface area contributed by atoms with Gasteiger partial charge < -0.3 is 10.0 Å². The second kappa shape index (κ2) is 6.78. The van der Waals surface area contributed by atoms with Crippen LogP contribution in [0.2, 0.25) is 0 Å². The van der Waals surface area contributed by atoms with Gasteiger partial charge in [-0.2, -0.15) is 0 Å². The van der Waals surface area contributed by atoms with Crippen molar-refractivity contribution in [2.75, 3.05) is 13.1 Å². The van der Waals surface area contributed by atoms with Crippen molar-refractivity contribution >= 4 is 17.6 Å². The summed E-state index contributed by atoms with van der Waals surface area (Å²) in [5.41, 5.74) is -0.794. The third-order valence-corrected chi connectivity index (χ3v) is 2.94. The van der Waals surface area contributed by atoms with E-state index in [-0.39, 0.29) is 30.6 Å². The Morgan fingerprint density at radius 2 is 2.05 bits per heavy atom. The molecule has 1 N–H and O–H groups in total. The molecule has 0 aliphatic heterocycles. The molecular weight excluding hydrogens is 283 g/mol. The lowest BCUT2D eigenvalue weighted by molar-refractivity contribution is -0.385. The van der Waals surface area contributed by atoms with Crippen molar-refractivity contribution in [3.63, 3.8) is 0 Å². The predicted octanol–water partition coefficient (Wildman–Crippen LogP) is 1.98. The molecule has 0 spiro atoms. The minimum Gasteiger partial charge on any atom is -0.481 e. The van der Waals surface area contributed by atoms with E-state index in [4.69, 9.17) is 5.11 Å². The number of rotatable bonds is 6. The number of carboxylic acids is 1. The first-order chi connectivity index (χ1) is 9.77. The number of carbonyl (C=O) groups is 2. The average Bonchev–Trinajstić information content (AvgIpc) is 2.37. The highest BCUT2D eigenvalue weighted by Gasteiger charge is 2.27. The van der Waals surface area contributed by atoms with E-state index in [1.54, 1.807) is 6.92 Å². The van der Waals surface area contributed by atoms with Gasteiger partial charge >= 0.3 is 5.97 Å². The summed E-state index contributed by atoms with van der Waals surface area (Å²) in [7, 11) is 0. The van der Waals surface area contributed by atoms with Gasteiger partial charge in [0.05, 0.1) is 11.3 Å². The Hall–Kier alpha value is -2.51. The van der Waals surface area contributed by atoms with E-state index in [9.17, 15) is 24.1 Å². The van der Waals surface area contributed by atoms with E-state index in [2.05, 4.69) is 0 Å². The molecule has 0 atom stereocenters. The van der Waals surface area contributed by atoms with E-state index in [1.807, 2.05) is 0 Å². The molecular formula is C13H15FN2O5. The van der Waals surface area contributed by atoms with Crippen molar-refractivity contribution in [1.29, 1.82) is 0 Å². The zero-order valence-corrected chi connectivity index (χ0v) is 11.6. The smallest absolute Gasteiger partial charge is 0.305 e. The minimum atomic E-state index is -1.09. The molecule has 0 saturated carbocycles. The van der Waals surface area contributed by atoms with Gasteiger partial charge in [-0.15, -0.1) is 0 Å². The summed E-state index contributed by atoms with van der Waals surface area (Å²) in [6.07, 6.45) is -0.290. The molecule has 0 aliphatic carbocycles. The average molecular weight is 298 g/mol. The van der Waals surface area contributed by atoms with E-state index in [0.717, 1.165) is 17.0 Å². The number of aliphatic carboxylic acids is 1. The summed E-state index contributed by atoms with van der Waals surface area (Å²) in [4.78, 5) is 34.3. The van der Waals surface area contributed by atoms with E-state index < -0.39 is 28.3 Å². The van der Waals surface area contributed by atoms with Crippen LogP contribution >= 0.6 is 0 Å². The predicted molar refractivity (Wildman–Crippen MR) is 71.6 cm³/mol. The Bertz CT molecular complexity index is 588. The zero-order valence-electron chi connectivity index (χ0n) is 11.6. The lowest BCUT2D eigenvalue weighted by Crippen LogP contribution is -2.33. The number of hydrogen-bond acceptors (Lipinski definition) is 4. The maximum absolute atomic E-state index is 13.4. The molecule has 0 radical (unpaired) electrons. The van der Waals surface area contributed by atoms with Crippen molar-refractivity contribution in [2.24, 2.45) is 0 Å². The molecule has 1 aromatic rings. The molecule has 0 unspecified atom stereocenters. The summed E-state index contributed by atoms with van der Waals surface area (Å²) >= 11 is 0. The van der Waals surface area contributed by atoms with Gasteiger partial charge in [0.2, 0.25) is 0 Å². The van der Waals surface area contributed by atoms with Gasteiger partial charge in [-0.1, -0.05) is 0 Å². The Morgan fingerprint density at radius 1 is 1.43 bits per heavy atom. The first-order valence-corrected chi connectivity index (χ1v) is 6.23. The van der Waals surface area contributed by atoms with E-state index in [0.29, 0.717) is 0 Å². The highest BCUT2D eigenvalue weighted by atomic mass is 19.1. The van der Waals surface area contributed by atoms with Crippen LogP contribution in [0, 0.1) is 22.9 Å². The minimum absolute atomic E-state index is 0.0395. The molecule has 0 aliphatic rings. The number of halogens is 1. The number of benzene rings is 1. The second-order valence-corrected chi connectivity index (χ2v) is 4.40. The van der Waals surface area contributed by atoms with Crippen molar-refractivity contribution in [2.45, 2.75) is 20.3 Å². The van der Waals surface area contributed by atoms with Crippen molar-refractivity contribution < 1.29 is 24.0 Å². The van der Waals surface area contributed by atoms with Crippen LogP contribution in [-0.2, 0) is 4.79 Å². The molecule has 114 valence electrons. The fourth-order valence-corrected chi connectivity index (χ4v) is 1.95. The van der Waals surface area contributed by atoms with Gasteiger partial charge in [0.15, 0.2) is 0 Å². The number of hydrogen-bond donors (Lipinski definition) is 1. The van der Waals surface area contributed by atoms with Crippen molar-refractivity contribution in [3.05, 3.63) is 39.2 Å². The highest BCUT2D eigenvalue weighted by Crippen LogP contribution is 2.26. The Balaban J connectivity index is 3.21. The number of nitro groups is 1. The van der Waals surface area contributed by atoms with E-state index in [1.165, 1.54) is 6.92 Å². The number of aryl methyl sites for hydroxylation is 1. The standard InChI is InChI=1S/C13H15FN2O5/c1-3-15(5-4-11(17)18)13(19)10-7-9(14)6-8(2)12(10)16(20)21/h6-7H,3-5H2,1-2H3,(H,17,18). The molecule has 0 heterocycles. The normalized spacial score (nSPS) is 10.2. The van der Waals surface area contributed by atoms with Crippen LogP contribution in [0.5, 0.6) is 0 Å². The molecule has 8 heteroatoms. The summed E-state index contributed by atoms with van der Waals surface area (Å²) < 4.78 is 13.4. The Morgan fingerprint density at radius 3 is 2.52 bits per heavy atom. The van der Waals surface area contributed by atoms with Crippen LogP contribution in [0.4, 0.5) is 10.1 Å². The Kier molecular flexibility index (Phi) is 5.34. The van der Waals surface area contributed by atoms with Gasteiger partial charge in [0.25, 0.3) is 11.6 Å². The maximum atomic E-state index is 13.4. The molecule has 0 fully saturated rings. The molecule has 21 heavy (non-hydrogen) atoms. The van der Waals surface area contributed by atoms with Gasteiger partial charge in [-0.25, -0.2) is 4.39 Å². The largest absolute Gasteiger partial charge is 0.481 e. The maximum Gasteiger partial charge on any atom is 0.305 e. The highest BCUT2D eigenvalue weighted by molar-refractivity contribution is 5.98. The molecule has 7 nitrogen and oxygen atoms in total. The van der Waals surface area contributed by atoms with Crippen LogP contribution in [-0.4, -0.2) is 39.9 Å². The molecule has 1 amide bonds. The lowest BCUT2D eigenvalue weighted by Gasteiger charge is -2.20. The summed E-state index contributed by atoms with van der Waals surface area (Å²) in [6.45, 7) is 3.01. The van der Waals surface area contributed by atoms with Gasteiger partial charge in [0.1, 0.15) is 11.4 Å². The second-order valence-electron chi connectivity index (χ2n) is 4.40. The van der Waals surface area contributed by atoms with Gasteiger partial charge in [0, 0.05) is 18.7 Å². The number of nitro benzene ring substituents is 1. The summed E-state index contributed by atoms with van der Waals surface area (Å²) in [5.74, 6) is -2.60. The molecule has 1 aromatic carbocycles. The molecule has 1 rings (SSSR count). The first kappa shape index (κ1) is 16.5. The van der Waals surface area contributed by atoms with Crippen molar-refractivity contribution in [3.8, 4) is 0 Å². The Labute approximate surface area is 120 Å². The molecule has 0 bridgehead atoms. The lowest BCUT2D eigenvalue weighted by atomic mass is 10.1. The number of carboxylic acid groups (broad SMARTS) is 1. The molecule has 0 saturated heterocycles. The zero-order chi connectivity index (χ0) is 16.2. The first-order valence-electron chi connectivity index (χ1n) is 6.23. The van der Waals surface area contributed by atoms with E-state index >= 15 is 0 Å².